The Morgan fingerprint density at radius 3 is 2.87 bits per heavy atom. The summed E-state index contributed by atoms with van der Waals surface area (Å²) in [4.78, 5) is 44.2. The van der Waals surface area contributed by atoms with Crippen molar-refractivity contribution in [2.45, 2.75) is 32.4 Å². The number of nitrogens with one attached hydrogen (secondary N) is 1. The first-order valence-electron chi connectivity index (χ1n) is 13.2. The summed E-state index contributed by atoms with van der Waals surface area (Å²) in [6, 6.07) is 9.90. The summed E-state index contributed by atoms with van der Waals surface area (Å²) < 4.78 is 8.95. The maximum absolute atomic E-state index is 13.5. The molecule has 0 spiro atoms. The molecule has 3 aliphatic rings. The SMILES string of the molecule is CN1CCc2cc(Nc3ncc4c(=O)n5n(c4n3)-c3ccc4c(n3)N(CCC/C=C\C5)C(=O)CO4)ccc2C1. The third-order valence-electron chi connectivity index (χ3n) is 7.49. The second-order valence-electron chi connectivity index (χ2n) is 10.2. The quantitative estimate of drug-likeness (QED) is 0.399. The molecule has 11 nitrogen and oxygen atoms in total. The predicted molar refractivity (Wildman–Crippen MR) is 147 cm³/mol. The largest absolute Gasteiger partial charge is 0.480 e. The Bertz CT molecular complexity index is 1710. The number of aromatic nitrogens is 5. The van der Waals surface area contributed by atoms with Gasteiger partial charge in [-0.1, -0.05) is 18.2 Å². The van der Waals surface area contributed by atoms with Crippen LogP contribution in [0.4, 0.5) is 17.5 Å². The monoisotopic (exact) mass is 524 g/mol. The standard InChI is InChI=1S/C28H28N8O3/c1-33-13-10-18-14-20(7-6-19(18)16-33)30-28-29-15-21-25(32-28)36-23-9-8-22-26(31-23)34(24(37)17-39-22)11-4-2-3-5-12-35(36)27(21)38/h3,5-9,14-15H,2,4,10-13,16-17H2,1H3,(H,29,30,32)/b5-3-. The molecular weight excluding hydrogens is 496 g/mol. The number of rotatable bonds is 2. The Labute approximate surface area is 224 Å². The van der Waals surface area contributed by atoms with Gasteiger partial charge in [0, 0.05) is 31.5 Å². The van der Waals surface area contributed by atoms with Gasteiger partial charge in [-0.25, -0.2) is 19.3 Å². The second-order valence-corrected chi connectivity index (χ2v) is 10.2. The molecule has 0 radical (unpaired) electrons. The molecule has 1 amide bonds. The Balaban J connectivity index is 1.34. The average Bonchev–Trinajstić information content (AvgIpc) is 3.21. The topological polar surface area (TPSA) is 110 Å². The minimum atomic E-state index is -0.208. The van der Waals surface area contributed by atoms with E-state index in [1.807, 2.05) is 18.2 Å². The van der Waals surface area contributed by atoms with Gasteiger partial charge < -0.3 is 15.0 Å². The van der Waals surface area contributed by atoms with Crippen LogP contribution in [0, 0.1) is 0 Å². The number of allylic oxidation sites excluding steroid dienone is 2. The van der Waals surface area contributed by atoms with Crippen molar-refractivity contribution < 1.29 is 9.53 Å². The van der Waals surface area contributed by atoms with Crippen molar-refractivity contribution >= 4 is 34.4 Å². The highest BCUT2D eigenvalue weighted by Gasteiger charge is 2.28. The van der Waals surface area contributed by atoms with Crippen molar-refractivity contribution in [2.24, 2.45) is 0 Å². The van der Waals surface area contributed by atoms with Crippen molar-refractivity contribution in [1.29, 1.82) is 0 Å². The highest BCUT2D eigenvalue weighted by molar-refractivity contribution is 5.96. The van der Waals surface area contributed by atoms with E-state index >= 15 is 0 Å². The minimum absolute atomic E-state index is 0.0112. The number of pyridine rings is 1. The lowest BCUT2D eigenvalue weighted by Gasteiger charge is -2.28. The molecule has 0 atom stereocenters. The van der Waals surface area contributed by atoms with Crippen LogP contribution < -0.4 is 20.5 Å². The summed E-state index contributed by atoms with van der Waals surface area (Å²) in [5.74, 6) is 1.73. The Kier molecular flexibility index (Phi) is 5.66. The zero-order chi connectivity index (χ0) is 26.5. The Morgan fingerprint density at radius 1 is 1.03 bits per heavy atom. The summed E-state index contributed by atoms with van der Waals surface area (Å²) in [5, 5.41) is 3.71. The van der Waals surface area contributed by atoms with Gasteiger partial charge in [0.2, 0.25) is 5.95 Å². The number of carbonyl (C=O) groups is 1. The van der Waals surface area contributed by atoms with Gasteiger partial charge in [-0.3, -0.25) is 14.5 Å². The van der Waals surface area contributed by atoms with E-state index < -0.39 is 0 Å². The molecule has 7 rings (SSSR count). The normalized spacial score (nSPS) is 18.0. The third kappa shape index (κ3) is 4.15. The summed E-state index contributed by atoms with van der Waals surface area (Å²) in [5.41, 5.74) is 3.77. The molecule has 0 fully saturated rings. The number of amides is 1. The Hall–Kier alpha value is -4.51. The fraction of sp³-hybridized carbons (Fsp3) is 0.321. The molecule has 198 valence electrons. The first-order chi connectivity index (χ1) is 19.0. The van der Waals surface area contributed by atoms with Crippen LogP contribution in [0.5, 0.6) is 5.75 Å². The number of carbonyl (C=O) groups excluding carboxylic acids is 1. The van der Waals surface area contributed by atoms with E-state index in [-0.39, 0.29) is 18.1 Å². The molecule has 1 aromatic carbocycles. The zero-order valence-electron chi connectivity index (χ0n) is 21.6. The number of ether oxygens (including phenoxy) is 1. The van der Waals surface area contributed by atoms with Crippen molar-refractivity contribution in [2.75, 3.05) is 37.0 Å². The summed E-state index contributed by atoms with van der Waals surface area (Å²) in [7, 11) is 2.13. The van der Waals surface area contributed by atoms with E-state index in [4.69, 9.17) is 14.7 Å². The molecule has 0 saturated carbocycles. The maximum Gasteiger partial charge on any atom is 0.278 e. The number of hydrogen-bond acceptors (Lipinski definition) is 8. The van der Waals surface area contributed by atoms with Crippen LogP contribution >= 0.6 is 0 Å². The van der Waals surface area contributed by atoms with Crippen LogP contribution in [-0.2, 0) is 24.3 Å². The lowest BCUT2D eigenvalue weighted by Crippen LogP contribution is -2.40. The van der Waals surface area contributed by atoms with E-state index in [9.17, 15) is 9.59 Å². The van der Waals surface area contributed by atoms with Gasteiger partial charge in [0.15, 0.2) is 29.6 Å². The van der Waals surface area contributed by atoms with E-state index in [0.717, 1.165) is 38.0 Å². The number of likely N-dealkylation sites (N-methyl/N-ethyl adjacent to an activating group) is 1. The maximum atomic E-state index is 13.5. The molecule has 11 heteroatoms. The number of anilines is 3. The van der Waals surface area contributed by atoms with Crippen LogP contribution in [0.25, 0.3) is 16.9 Å². The van der Waals surface area contributed by atoms with Crippen molar-refractivity contribution in [3.63, 3.8) is 0 Å². The lowest BCUT2D eigenvalue weighted by molar-refractivity contribution is -0.121. The molecule has 3 aromatic heterocycles. The minimum Gasteiger partial charge on any atom is -0.480 e. The first kappa shape index (κ1) is 23.6. The van der Waals surface area contributed by atoms with Crippen LogP contribution in [-0.4, -0.2) is 61.9 Å². The number of nitrogens with zero attached hydrogens (tertiary/aromatic N) is 7. The smallest absolute Gasteiger partial charge is 0.278 e. The zero-order valence-corrected chi connectivity index (χ0v) is 21.6. The van der Waals surface area contributed by atoms with Crippen LogP contribution in [0.2, 0.25) is 0 Å². The molecule has 6 heterocycles. The number of benzene rings is 1. The lowest BCUT2D eigenvalue weighted by atomic mass is 9.99. The van der Waals surface area contributed by atoms with Crippen molar-refractivity contribution in [3.05, 3.63) is 70.2 Å². The molecule has 0 unspecified atom stereocenters. The molecule has 3 aliphatic heterocycles. The fourth-order valence-corrected chi connectivity index (χ4v) is 5.46. The van der Waals surface area contributed by atoms with Crippen molar-refractivity contribution in [3.8, 4) is 11.6 Å². The van der Waals surface area contributed by atoms with Crippen molar-refractivity contribution in [1.82, 2.24) is 29.2 Å². The fourth-order valence-electron chi connectivity index (χ4n) is 5.46. The van der Waals surface area contributed by atoms with Gasteiger partial charge in [0.1, 0.15) is 5.39 Å². The van der Waals surface area contributed by atoms with Gasteiger partial charge in [0.25, 0.3) is 11.5 Å². The molecule has 0 aliphatic carbocycles. The van der Waals surface area contributed by atoms with Gasteiger partial charge in [-0.05, 0) is 61.7 Å². The van der Waals surface area contributed by atoms with Crippen LogP contribution in [0.1, 0.15) is 24.0 Å². The van der Waals surface area contributed by atoms with E-state index in [1.54, 1.807) is 32.6 Å². The predicted octanol–water partition coefficient (Wildman–Crippen LogP) is 2.78. The highest BCUT2D eigenvalue weighted by atomic mass is 16.5. The second kappa shape index (κ2) is 9.35. The molecule has 2 bridgehead atoms. The first-order valence-corrected chi connectivity index (χ1v) is 13.2. The van der Waals surface area contributed by atoms with Gasteiger partial charge in [-0.2, -0.15) is 4.98 Å². The summed E-state index contributed by atoms with van der Waals surface area (Å²) in [6.45, 7) is 2.85. The summed E-state index contributed by atoms with van der Waals surface area (Å²) in [6.07, 6.45) is 8.12. The van der Waals surface area contributed by atoms with E-state index in [0.29, 0.717) is 47.5 Å². The molecule has 0 saturated heterocycles. The van der Waals surface area contributed by atoms with Crippen LogP contribution in [0.15, 0.2) is 53.5 Å². The van der Waals surface area contributed by atoms with Crippen LogP contribution in [0.3, 0.4) is 0 Å². The highest BCUT2D eigenvalue weighted by Crippen LogP contribution is 2.32. The number of hydrogen-bond donors (Lipinski definition) is 1. The average molecular weight is 525 g/mol. The van der Waals surface area contributed by atoms with E-state index in [2.05, 4.69) is 34.4 Å². The van der Waals surface area contributed by atoms with Gasteiger partial charge >= 0.3 is 0 Å². The van der Waals surface area contributed by atoms with Gasteiger partial charge in [-0.15, -0.1) is 0 Å². The number of fused-ring (bicyclic) bond motifs is 6. The molecule has 39 heavy (non-hydrogen) atoms. The van der Waals surface area contributed by atoms with Gasteiger partial charge in [0.05, 0.1) is 6.54 Å². The molecule has 1 N–H and O–H groups in total. The van der Waals surface area contributed by atoms with E-state index in [1.165, 1.54) is 11.1 Å². The summed E-state index contributed by atoms with van der Waals surface area (Å²) >= 11 is 0. The third-order valence-corrected chi connectivity index (χ3v) is 7.49. The molecular formula is C28H28N8O3. The molecule has 4 aromatic rings. The Morgan fingerprint density at radius 2 is 1.95 bits per heavy atom.